The number of thioether (sulfide) groups is 1. The zero-order valence-corrected chi connectivity index (χ0v) is 20.0. The number of carbonyl (C=O) groups excluding carboxylic acids is 4. The van der Waals surface area contributed by atoms with Crippen molar-refractivity contribution in [2.45, 2.75) is 62.4 Å². The lowest BCUT2D eigenvalue weighted by molar-refractivity contribution is -0.237. The zero-order chi connectivity index (χ0) is 24.8. The van der Waals surface area contributed by atoms with Crippen LogP contribution in [0.5, 0.6) is 0 Å². The van der Waals surface area contributed by atoms with Crippen LogP contribution in [0.2, 0.25) is 0 Å². The maximum Gasteiger partial charge on any atom is 0.303 e. The largest absolute Gasteiger partial charge is 0.463 e. The Balaban J connectivity index is 1.98. The third-order valence-electron chi connectivity index (χ3n) is 4.92. The third kappa shape index (κ3) is 6.71. The van der Waals surface area contributed by atoms with Gasteiger partial charge in [-0.1, -0.05) is 42.1 Å². The predicted molar refractivity (Wildman–Crippen MR) is 122 cm³/mol. The van der Waals surface area contributed by atoms with Crippen molar-refractivity contribution in [3.05, 3.63) is 42.5 Å². The highest BCUT2D eigenvalue weighted by Gasteiger charge is 2.52. The van der Waals surface area contributed by atoms with Gasteiger partial charge in [0.05, 0.1) is 0 Å². The van der Waals surface area contributed by atoms with Crippen LogP contribution in [0.4, 0.5) is 0 Å². The first-order chi connectivity index (χ1) is 16.1. The molecule has 0 aliphatic carbocycles. The molecule has 0 spiro atoms. The van der Waals surface area contributed by atoms with Crippen LogP contribution in [0.25, 0.3) is 10.8 Å². The van der Waals surface area contributed by atoms with E-state index in [9.17, 15) is 19.2 Å². The van der Waals surface area contributed by atoms with E-state index in [0.717, 1.165) is 15.7 Å². The number of fused-ring (bicyclic) bond motifs is 1. The van der Waals surface area contributed by atoms with Crippen molar-refractivity contribution in [3.63, 3.8) is 0 Å². The molecule has 0 bridgehead atoms. The molecule has 9 nitrogen and oxygen atoms in total. The van der Waals surface area contributed by atoms with Crippen molar-refractivity contribution in [2.75, 3.05) is 6.61 Å². The molecule has 0 unspecified atom stereocenters. The summed E-state index contributed by atoms with van der Waals surface area (Å²) in [5.41, 5.74) is -0.859. The van der Waals surface area contributed by atoms with E-state index in [2.05, 4.69) is 0 Å². The van der Waals surface area contributed by atoms with Crippen LogP contribution in [-0.4, -0.2) is 60.3 Å². The minimum absolute atomic E-state index is 0.257. The molecule has 1 fully saturated rings. The number of carbonyl (C=O) groups is 4. The Bertz CT molecular complexity index is 1070. The Hall–Kier alpha value is -3.11. The van der Waals surface area contributed by atoms with Crippen LogP contribution in [-0.2, 0) is 42.9 Å². The molecule has 10 heteroatoms. The number of hydrogen-bond donors (Lipinski definition) is 0. The lowest BCUT2D eigenvalue weighted by Crippen LogP contribution is -2.61. The van der Waals surface area contributed by atoms with Crippen LogP contribution in [0.3, 0.4) is 0 Å². The molecule has 1 saturated heterocycles. The van der Waals surface area contributed by atoms with Crippen molar-refractivity contribution >= 4 is 46.4 Å². The van der Waals surface area contributed by atoms with Gasteiger partial charge in [-0.2, -0.15) is 0 Å². The van der Waals surface area contributed by atoms with Crippen molar-refractivity contribution in [1.82, 2.24) is 0 Å². The topological polar surface area (TPSA) is 114 Å². The van der Waals surface area contributed by atoms with Gasteiger partial charge in [-0.25, -0.2) is 0 Å². The van der Waals surface area contributed by atoms with Gasteiger partial charge in [0.2, 0.25) is 0 Å². The monoisotopic (exact) mass is 490 g/mol. The van der Waals surface area contributed by atoms with E-state index in [1.54, 1.807) is 0 Å². The fraction of sp³-hybridized carbons (Fsp3) is 0.417. The summed E-state index contributed by atoms with van der Waals surface area (Å²) in [6.07, 6.45) is -4.42. The molecule has 0 amide bonds. The Morgan fingerprint density at radius 3 is 1.97 bits per heavy atom. The smallest absolute Gasteiger partial charge is 0.303 e. The minimum atomic E-state index is -1.18. The average molecular weight is 491 g/mol. The summed E-state index contributed by atoms with van der Waals surface area (Å²) in [5.74, 6) is -2.52. The molecule has 5 atom stereocenters. The van der Waals surface area contributed by atoms with Crippen LogP contribution in [0, 0.1) is 0 Å². The lowest BCUT2D eigenvalue weighted by Gasteiger charge is -2.44. The van der Waals surface area contributed by atoms with Crippen LogP contribution in [0.15, 0.2) is 47.4 Å². The van der Waals surface area contributed by atoms with Crippen molar-refractivity contribution in [3.8, 4) is 0 Å². The first kappa shape index (κ1) is 25.5. The van der Waals surface area contributed by atoms with Gasteiger partial charge in [0.25, 0.3) is 0 Å². The molecule has 2 aromatic rings. The molecule has 1 aliphatic heterocycles. The summed E-state index contributed by atoms with van der Waals surface area (Å²) in [7, 11) is 0. The quantitative estimate of drug-likeness (QED) is 0.424. The lowest BCUT2D eigenvalue weighted by atomic mass is 9.99. The Kier molecular flexibility index (Phi) is 8.51. The van der Waals surface area contributed by atoms with Crippen molar-refractivity contribution in [2.24, 2.45) is 0 Å². The molecule has 1 aliphatic rings. The number of hydrogen-bond acceptors (Lipinski definition) is 10. The molecule has 34 heavy (non-hydrogen) atoms. The second kappa shape index (κ2) is 11.3. The fourth-order valence-corrected chi connectivity index (χ4v) is 4.81. The zero-order valence-electron chi connectivity index (χ0n) is 19.2. The minimum Gasteiger partial charge on any atom is -0.463 e. The van der Waals surface area contributed by atoms with Gasteiger partial charge in [-0.3, -0.25) is 19.2 Å². The number of benzene rings is 2. The normalized spacial score (nSPS) is 24.2. The summed E-state index contributed by atoms with van der Waals surface area (Å²) in [4.78, 5) is 47.9. The standard InChI is InChI=1S/C24H26O9S/c1-13(25)29-12-20-21(30-14(2)26)22(31-15(3)27)23(32-16(4)28)24(33-20)34-19-10-9-17-7-5-6-8-18(17)11-19/h5-11,20-24H,12H2,1-4H3/t20-,21-,22-,23-,24-/m0/s1. The van der Waals surface area contributed by atoms with Crippen LogP contribution >= 0.6 is 11.8 Å². The van der Waals surface area contributed by atoms with E-state index in [-0.39, 0.29) is 6.61 Å². The van der Waals surface area contributed by atoms with E-state index in [4.69, 9.17) is 23.7 Å². The molecule has 0 saturated carbocycles. The van der Waals surface area contributed by atoms with E-state index < -0.39 is 53.7 Å². The van der Waals surface area contributed by atoms with E-state index in [0.29, 0.717) is 0 Å². The van der Waals surface area contributed by atoms with Crippen molar-refractivity contribution in [1.29, 1.82) is 0 Å². The molecule has 1 heterocycles. The number of rotatable bonds is 7. The number of esters is 4. The van der Waals surface area contributed by atoms with E-state index >= 15 is 0 Å². The van der Waals surface area contributed by atoms with Gasteiger partial charge in [0.15, 0.2) is 18.3 Å². The van der Waals surface area contributed by atoms with Gasteiger partial charge >= 0.3 is 23.9 Å². The highest BCUT2D eigenvalue weighted by atomic mass is 32.2. The van der Waals surface area contributed by atoms with Gasteiger partial charge in [0, 0.05) is 32.6 Å². The maximum atomic E-state index is 11.9. The summed E-state index contributed by atoms with van der Waals surface area (Å²) in [6.45, 7) is 4.57. The molecular weight excluding hydrogens is 464 g/mol. The first-order valence-electron chi connectivity index (χ1n) is 10.6. The van der Waals surface area contributed by atoms with Gasteiger partial charge in [0.1, 0.15) is 18.1 Å². The maximum absolute atomic E-state index is 11.9. The molecular formula is C24H26O9S. The average Bonchev–Trinajstić information content (AvgIpc) is 2.75. The Morgan fingerprint density at radius 1 is 0.765 bits per heavy atom. The highest BCUT2D eigenvalue weighted by molar-refractivity contribution is 7.99. The molecule has 2 aromatic carbocycles. The Morgan fingerprint density at radius 2 is 1.35 bits per heavy atom. The van der Waals surface area contributed by atoms with E-state index in [1.165, 1.54) is 39.5 Å². The number of ether oxygens (including phenoxy) is 5. The third-order valence-corrected chi connectivity index (χ3v) is 6.06. The van der Waals surface area contributed by atoms with Gasteiger partial charge in [-0.05, 0) is 22.9 Å². The molecule has 0 N–H and O–H groups in total. The van der Waals surface area contributed by atoms with E-state index in [1.807, 2.05) is 42.5 Å². The summed E-state index contributed by atoms with van der Waals surface area (Å²) in [6, 6.07) is 13.6. The summed E-state index contributed by atoms with van der Waals surface area (Å²) in [5, 5.41) is 2.05. The first-order valence-corrected chi connectivity index (χ1v) is 11.5. The molecule has 3 rings (SSSR count). The predicted octanol–water partition coefficient (Wildman–Crippen LogP) is 3.02. The van der Waals surface area contributed by atoms with Crippen LogP contribution in [0.1, 0.15) is 27.7 Å². The van der Waals surface area contributed by atoms with Gasteiger partial charge < -0.3 is 23.7 Å². The highest BCUT2D eigenvalue weighted by Crippen LogP contribution is 2.38. The SMILES string of the molecule is CC(=O)OC[C@@H]1O[C@@H](Sc2ccc3ccccc3c2)[C@@H](OC(C)=O)[C@@H](OC(C)=O)[C@H]1OC(C)=O. The Labute approximate surface area is 201 Å². The molecule has 0 aromatic heterocycles. The second-order valence-electron chi connectivity index (χ2n) is 7.69. The molecule has 0 radical (unpaired) electrons. The fourth-order valence-electron chi connectivity index (χ4n) is 3.66. The van der Waals surface area contributed by atoms with Crippen LogP contribution < -0.4 is 0 Å². The molecule has 182 valence electrons. The second-order valence-corrected chi connectivity index (χ2v) is 8.87. The summed E-state index contributed by atoms with van der Waals surface area (Å²) < 4.78 is 27.6. The van der Waals surface area contributed by atoms with Gasteiger partial charge in [-0.15, -0.1) is 0 Å². The summed E-state index contributed by atoms with van der Waals surface area (Å²) >= 11 is 1.25. The van der Waals surface area contributed by atoms with Crippen molar-refractivity contribution < 1.29 is 42.9 Å².